The molecular formula is C13H19N3O3S. The maximum absolute atomic E-state index is 12.2. The van der Waals surface area contributed by atoms with Crippen LogP contribution >= 0.6 is 0 Å². The highest BCUT2D eigenvalue weighted by molar-refractivity contribution is 7.89. The first kappa shape index (κ1) is 15.0. The van der Waals surface area contributed by atoms with Gasteiger partial charge in [0.2, 0.25) is 15.9 Å². The Labute approximate surface area is 119 Å². The Morgan fingerprint density at radius 1 is 1.40 bits per heavy atom. The van der Waals surface area contributed by atoms with E-state index in [1.807, 2.05) is 6.92 Å². The van der Waals surface area contributed by atoms with Gasteiger partial charge in [0.1, 0.15) is 0 Å². The van der Waals surface area contributed by atoms with Gasteiger partial charge in [-0.05, 0) is 51.6 Å². The summed E-state index contributed by atoms with van der Waals surface area (Å²) in [6.45, 7) is 2.67. The van der Waals surface area contributed by atoms with E-state index in [1.165, 1.54) is 19.2 Å². The maximum atomic E-state index is 12.2. The van der Waals surface area contributed by atoms with Gasteiger partial charge in [-0.1, -0.05) is 6.07 Å². The van der Waals surface area contributed by atoms with Crippen molar-refractivity contribution in [3.63, 3.8) is 0 Å². The van der Waals surface area contributed by atoms with Crippen molar-refractivity contribution in [2.75, 3.05) is 18.9 Å². The third kappa shape index (κ3) is 3.00. The molecule has 1 aliphatic heterocycles. The maximum Gasteiger partial charge on any atom is 0.244 e. The van der Waals surface area contributed by atoms with Crippen LogP contribution in [0.4, 0.5) is 5.69 Å². The molecule has 1 aromatic rings. The van der Waals surface area contributed by atoms with E-state index < -0.39 is 15.6 Å². The van der Waals surface area contributed by atoms with Crippen molar-refractivity contribution in [1.29, 1.82) is 0 Å². The third-order valence-corrected chi connectivity index (χ3v) is 4.95. The molecule has 0 radical (unpaired) electrons. The summed E-state index contributed by atoms with van der Waals surface area (Å²) in [5.41, 5.74) is -0.112. The lowest BCUT2D eigenvalue weighted by Crippen LogP contribution is -2.47. The monoisotopic (exact) mass is 297 g/mol. The molecule has 1 heterocycles. The molecule has 0 spiro atoms. The van der Waals surface area contributed by atoms with Crippen LogP contribution in [0.1, 0.15) is 19.8 Å². The molecule has 1 saturated heterocycles. The first-order chi connectivity index (χ1) is 9.37. The molecule has 3 N–H and O–H groups in total. The molecule has 1 aromatic carbocycles. The minimum atomic E-state index is -3.51. The van der Waals surface area contributed by atoms with Crippen molar-refractivity contribution in [2.24, 2.45) is 0 Å². The Morgan fingerprint density at radius 3 is 2.75 bits per heavy atom. The van der Waals surface area contributed by atoms with Crippen LogP contribution in [0.3, 0.4) is 0 Å². The highest BCUT2D eigenvalue weighted by atomic mass is 32.2. The summed E-state index contributed by atoms with van der Waals surface area (Å²) in [7, 11) is -2.16. The fourth-order valence-corrected chi connectivity index (χ4v) is 2.99. The lowest BCUT2D eigenvalue weighted by Gasteiger charge is -2.23. The summed E-state index contributed by atoms with van der Waals surface area (Å²) in [4.78, 5) is 12.4. The zero-order chi connectivity index (χ0) is 14.8. The van der Waals surface area contributed by atoms with Crippen LogP contribution in [0.25, 0.3) is 0 Å². The van der Waals surface area contributed by atoms with Crippen molar-refractivity contribution in [1.82, 2.24) is 10.0 Å². The highest BCUT2D eigenvalue weighted by Gasteiger charge is 2.35. The molecule has 1 amide bonds. The van der Waals surface area contributed by atoms with Gasteiger partial charge in [0.25, 0.3) is 0 Å². The van der Waals surface area contributed by atoms with Crippen molar-refractivity contribution in [3.05, 3.63) is 24.3 Å². The Hall–Kier alpha value is -1.44. The first-order valence-corrected chi connectivity index (χ1v) is 7.96. The summed E-state index contributed by atoms with van der Waals surface area (Å²) in [6, 6.07) is 6.20. The van der Waals surface area contributed by atoms with Crippen molar-refractivity contribution in [3.8, 4) is 0 Å². The molecule has 1 atom stereocenters. The molecule has 0 bridgehead atoms. The Balaban J connectivity index is 2.18. The van der Waals surface area contributed by atoms with Gasteiger partial charge in [0.05, 0.1) is 10.4 Å². The van der Waals surface area contributed by atoms with Crippen molar-refractivity contribution < 1.29 is 13.2 Å². The van der Waals surface area contributed by atoms with Gasteiger partial charge in [-0.2, -0.15) is 0 Å². The smallest absolute Gasteiger partial charge is 0.244 e. The van der Waals surface area contributed by atoms with E-state index in [9.17, 15) is 13.2 Å². The third-order valence-electron chi connectivity index (χ3n) is 3.54. The number of carbonyl (C=O) groups is 1. The predicted molar refractivity (Wildman–Crippen MR) is 77.0 cm³/mol. The van der Waals surface area contributed by atoms with Crippen LogP contribution < -0.4 is 15.4 Å². The summed E-state index contributed by atoms with van der Waals surface area (Å²) >= 11 is 0. The van der Waals surface area contributed by atoms with Crippen LogP contribution in [0.2, 0.25) is 0 Å². The number of benzene rings is 1. The van der Waals surface area contributed by atoms with Gasteiger partial charge in [-0.3, -0.25) is 4.79 Å². The Kier molecular flexibility index (Phi) is 4.12. The summed E-state index contributed by atoms with van der Waals surface area (Å²) < 4.78 is 25.7. The molecule has 7 heteroatoms. The molecule has 1 unspecified atom stereocenters. The van der Waals surface area contributed by atoms with Crippen LogP contribution in [0.5, 0.6) is 0 Å². The molecular weight excluding hydrogens is 278 g/mol. The molecule has 0 aromatic heterocycles. The quantitative estimate of drug-likeness (QED) is 0.762. The summed E-state index contributed by atoms with van der Waals surface area (Å²) in [6.07, 6.45) is 1.73. The number of rotatable bonds is 4. The molecule has 0 aliphatic carbocycles. The molecule has 110 valence electrons. The van der Waals surface area contributed by atoms with Gasteiger partial charge >= 0.3 is 0 Å². The minimum absolute atomic E-state index is 0.127. The Morgan fingerprint density at radius 2 is 2.15 bits per heavy atom. The number of amides is 1. The van der Waals surface area contributed by atoms with Crippen molar-refractivity contribution in [2.45, 2.75) is 30.2 Å². The molecule has 2 rings (SSSR count). The van der Waals surface area contributed by atoms with Crippen LogP contribution in [-0.2, 0) is 14.8 Å². The number of hydrogen-bond acceptors (Lipinski definition) is 4. The van der Waals surface area contributed by atoms with E-state index >= 15 is 0 Å². The number of anilines is 1. The van der Waals surface area contributed by atoms with E-state index in [-0.39, 0.29) is 10.8 Å². The highest BCUT2D eigenvalue weighted by Crippen LogP contribution is 2.22. The van der Waals surface area contributed by atoms with E-state index in [0.717, 1.165) is 19.4 Å². The number of nitrogens with one attached hydrogen (secondary N) is 3. The van der Waals surface area contributed by atoms with Crippen LogP contribution in [0.15, 0.2) is 29.2 Å². The Bertz CT molecular complexity index is 607. The molecule has 1 fully saturated rings. The SMILES string of the molecule is CNS(=O)(=O)c1cccc(NC(=O)C2(C)CCCN2)c1. The van der Waals surface area contributed by atoms with Crippen LogP contribution in [0, 0.1) is 0 Å². The second-order valence-corrected chi connectivity index (χ2v) is 6.94. The number of sulfonamides is 1. The normalized spacial score (nSPS) is 22.7. The van der Waals surface area contributed by atoms with Crippen molar-refractivity contribution >= 4 is 21.6 Å². The molecule has 6 nitrogen and oxygen atoms in total. The molecule has 1 aliphatic rings. The predicted octanol–water partition coefficient (Wildman–Crippen LogP) is 0.675. The van der Waals surface area contributed by atoms with E-state index in [1.54, 1.807) is 12.1 Å². The minimum Gasteiger partial charge on any atom is -0.324 e. The second kappa shape index (κ2) is 5.51. The largest absolute Gasteiger partial charge is 0.324 e. The topological polar surface area (TPSA) is 87.3 Å². The second-order valence-electron chi connectivity index (χ2n) is 5.05. The van der Waals surface area contributed by atoms with Gasteiger partial charge in [0.15, 0.2) is 0 Å². The average Bonchev–Trinajstić information content (AvgIpc) is 2.87. The van der Waals surface area contributed by atoms with Gasteiger partial charge in [0, 0.05) is 5.69 Å². The zero-order valence-corrected chi connectivity index (χ0v) is 12.4. The molecule has 0 saturated carbocycles. The van der Waals surface area contributed by atoms with Gasteiger partial charge < -0.3 is 10.6 Å². The standard InChI is InChI=1S/C13H19N3O3S/c1-13(7-4-8-15-13)12(17)16-10-5-3-6-11(9-10)20(18,19)14-2/h3,5-6,9,14-15H,4,7-8H2,1-2H3,(H,16,17). The van der Waals surface area contributed by atoms with E-state index in [2.05, 4.69) is 15.4 Å². The zero-order valence-electron chi connectivity index (χ0n) is 11.6. The lowest BCUT2D eigenvalue weighted by molar-refractivity contribution is -0.121. The number of carbonyl (C=O) groups excluding carboxylic acids is 1. The summed E-state index contributed by atoms with van der Waals surface area (Å²) in [5, 5.41) is 5.93. The number of hydrogen-bond donors (Lipinski definition) is 3. The van der Waals surface area contributed by atoms with E-state index in [0.29, 0.717) is 5.69 Å². The van der Waals surface area contributed by atoms with Gasteiger partial charge in [-0.25, -0.2) is 13.1 Å². The van der Waals surface area contributed by atoms with Gasteiger partial charge in [-0.15, -0.1) is 0 Å². The van der Waals surface area contributed by atoms with Crippen LogP contribution in [-0.4, -0.2) is 33.5 Å². The first-order valence-electron chi connectivity index (χ1n) is 6.47. The fourth-order valence-electron chi connectivity index (χ4n) is 2.22. The lowest BCUT2D eigenvalue weighted by atomic mass is 9.99. The molecule has 20 heavy (non-hydrogen) atoms. The fraction of sp³-hybridized carbons (Fsp3) is 0.462. The van der Waals surface area contributed by atoms with E-state index in [4.69, 9.17) is 0 Å². The summed E-state index contributed by atoms with van der Waals surface area (Å²) in [5.74, 6) is -0.144. The average molecular weight is 297 g/mol.